The van der Waals surface area contributed by atoms with Crippen LogP contribution in [0.25, 0.3) is 0 Å². The molecule has 2 fully saturated rings. The van der Waals surface area contributed by atoms with Crippen LogP contribution in [0, 0.1) is 11.6 Å². The lowest BCUT2D eigenvalue weighted by Crippen LogP contribution is -2.37. The fourth-order valence-corrected chi connectivity index (χ4v) is 4.67. The fourth-order valence-electron chi connectivity index (χ4n) is 4.15. The van der Waals surface area contributed by atoms with Crippen LogP contribution in [0.2, 0.25) is 10.0 Å². The molecular formula is C20H18Cl2F2N2O. The normalized spacial score (nSPS) is 22.5. The Morgan fingerprint density at radius 3 is 2.44 bits per heavy atom. The number of amides is 1. The van der Waals surface area contributed by atoms with Crippen molar-refractivity contribution in [3.63, 3.8) is 0 Å². The van der Waals surface area contributed by atoms with Crippen molar-refractivity contribution < 1.29 is 13.6 Å². The minimum absolute atomic E-state index is 0.0126. The van der Waals surface area contributed by atoms with E-state index in [1.807, 2.05) is 4.90 Å². The Balaban J connectivity index is 1.52. The van der Waals surface area contributed by atoms with Crippen molar-refractivity contribution in [3.8, 4) is 0 Å². The highest BCUT2D eigenvalue weighted by molar-refractivity contribution is 6.36. The van der Waals surface area contributed by atoms with Crippen LogP contribution in [-0.4, -0.2) is 34.3 Å². The molecule has 2 aliphatic heterocycles. The van der Waals surface area contributed by atoms with Gasteiger partial charge in [-0.2, -0.15) is 0 Å². The van der Waals surface area contributed by atoms with Gasteiger partial charge in [-0.05, 0) is 24.6 Å². The standard InChI is InChI=1S/C20H18Cl2F2N2O/c21-14-4-2-5-15(22)13(14)11-26-17-7-8-25(18(17)9-19(26)27)10-12-3-1-6-16(23)20(12)24/h1-6,17-18H,7-11H2/t17-,18-/m0/s1. The Labute approximate surface area is 166 Å². The van der Waals surface area contributed by atoms with Gasteiger partial charge in [0, 0.05) is 59.3 Å². The summed E-state index contributed by atoms with van der Waals surface area (Å²) in [6, 6.07) is 9.51. The van der Waals surface area contributed by atoms with Gasteiger partial charge in [0.05, 0.1) is 0 Å². The van der Waals surface area contributed by atoms with Crippen LogP contribution >= 0.6 is 23.2 Å². The summed E-state index contributed by atoms with van der Waals surface area (Å²) in [4.78, 5) is 16.5. The van der Waals surface area contributed by atoms with E-state index in [0.29, 0.717) is 35.1 Å². The molecule has 0 aliphatic carbocycles. The highest BCUT2D eigenvalue weighted by atomic mass is 35.5. The number of likely N-dealkylation sites (tertiary alicyclic amines) is 2. The van der Waals surface area contributed by atoms with E-state index in [0.717, 1.165) is 24.6 Å². The summed E-state index contributed by atoms with van der Waals surface area (Å²) in [5.41, 5.74) is 1.06. The van der Waals surface area contributed by atoms with Crippen LogP contribution < -0.4 is 0 Å². The molecule has 2 aromatic rings. The molecule has 2 saturated heterocycles. The molecule has 2 heterocycles. The third-order valence-corrected chi connectivity index (χ3v) is 6.23. The number of rotatable bonds is 4. The van der Waals surface area contributed by atoms with Crippen LogP contribution in [0.5, 0.6) is 0 Å². The summed E-state index contributed by atoms with van der Waals surface area (Å²) in [6.45, 7) is 1.38. The summed E-state index contributed by atoms with van der Waals surface area (Å²) < 4.78 is 27.5. The van der Waals surface area contributed by atoms with Crippen LogP contribution in [-0.2, 0) is 17.9 Å². The van der Waals surface area contributed by atoms with Crippen molar-refractivity contribution in [2.45, 2.75) is 38.0 Å². The fraction of sp³-hybridized carbons (Fsp3) is 0.350. The largest absolute Gasteiger partial charge is 0.334 e. The van der Waals surface area contributed by atoms with Crippen LogP contribution in [0.3, 0.4) is 0 Å². The quantitative estimate of drug-likeness (QED) is 0.732. The van der Waals surface area contributed by atoms with E-state index in [2.05, 4.69) is 4.90 Å². The van der Waals surface area contributed by atoms with Crippen molar-refractivity contribution in [2.24, 2.45) is 0 Å². The maximum Gasteiger partial charge on any atom is 0.224 e. The van der Waals surface area contributed by atoms with Gasteiger partial charge < -0.3 is 4.90 Å². The summed E-state index contributed by atoms with van der Waals surface area (Å²) in [5, 5.41) is 1.07. The molecule has 0 aromatic heterocycles. The zero-order valence-corrected chi connectivity index (χ0v) is 16.0. The maximum absolute atomic E-state index is 14.0. The molecule has 0 spiro atoms. The van der Waals surface area contributed by atoms with Gasteiger partial charge in [-0.15, -0.1) is 0 Å². The second-order valence-corrected chi connectivity index (χ2v) is 7.85. The molecule has 4 rings (SSSR count). The molecule has 142 valence electrons. The van der Waals surface area contributed by atoms with Crippen molar-refractivity contribution in [2.75, 3.05) is 6.54 Å². The number of halogens is 4. The first-order valence-corrected chi connectivity index (χ1v) is 9.60. The highest BCUT2D eigenvalue weighted by Crippen LogP contribution is 2.36. The third-order valence-electron chi connectivity index (χ3n) is 5.52. The summed E-state index contributed by atoms with van der Waals surface area (Å²) in [7, 11) is 0. The van der Waals surface area contributed by atoms with E-state index in [-0.39, 0.29) is 18.0 Å². The Morgan fingerprint density at radius 2 is 1.70 bits per heavy atom. The lowest BCUT2D eigenvalue weighted by atomic mass is 10.1. The predicted octanol–water partition coefficient (Wildman–Crippen LogP) is 4.65. The number of fused-ring (bicyclic) bond motifs is 1. The first kappa shape index (κ1) is 18.7. The Hall–Kier alpha value is -1.69. The minimum Gasteiger partial charge on any atom is -0.334 e. The highest BCUT2D eigenvalue weighted by Gasteiger charge is 2.46. The van der Waals surface area contributed by atoms with Crippen molar-refractivity contribution in [3.05, 3.63) is 69.2 Å². The number of hydrogen-bond donors (Lipinski definition) is 0. The smallest absolute Gasteiger partial charge is 0.224 e. The molecule has 2 aromatic carbocycles. The van der Waals surface area contributed by atoms with Crippen molar-refractivity contribution >= 4 is 29.1 Å². The predicted molar refractivity (Wildman–Crippen MR) is 101 cm³/mol. The van der Waals surface area contributed by atoms with E-state index < -0.39 is 11.6 Å². The second kappa shape index (κ2) is 7.38. The number of hydrogen-bond acceptors (Lipinski definition) is 2. The Morgan fingerprint density at radius 1 is 1.00 bits per heavy atom. The lowest BCUT2D eigenvalue weighted by Gasteiger charge is -2.26. The first-order valence-electron chi connectivity index (χ1n) is 8.85. The van der Waals surface area contributed by atoms with Gasteiger partial charge in [0.1, 0.15) is 0 Å². The molecule has 2 atom stereocenters. The SMILES string of the molecule is O=C1C[C@H]2[C@H](CCN2Cc2cccc(F)c2F)N1Cc1c(Cl)cccc1Cl. The third kappa shape index (κ3) is 3.44. The number of carbonyl (C=O) groups excluding carboxylic acids is 1. The molecule has 0 saturated carbocycles. The van der Waals surface area contributed by atoms with Gasteiger partial charge in [0.25, 0.3) is 0 Å². The average Bonchev–Trinajstić information content (AvgIpc) is 3.15. The summed E-state index contributed by atoms with van der Waals surface area (Å²) in [5.74, 6) is -1.63. The van der Waals surface area contributed by atoms with E-state index in [9.17, 15) is 13.6 Å². The average molecular weight is 411 g/mol. The van der Waals surface area contributed by atoms with Gasteiger partial charge in [0.2, 0.25) is 5.91 Å². The van der Waals surface area contributed by atoms with Gasteiger partial charge in [-0.25, -0.2) is 8.78 Å². The van der Waals surface area contributed by atoms with Crippen molar-refractivity contribution in [1.82, 2.24) is 9.80 Å². The Kier molecular flexibility index (Phi) is 5.10. The molecule has 0 unspecified atom stereocenters. The van der Waals surface area contributed by atoms with E-state index >= 15 is 0 Å². The first-order chi connectivity index (χ1) is 13.0. The molecule has 1 amide bonds. The number of carbonyl (C=O) groups is 1. The number of nitrogens with zero attached hydrogens (tertiary/aromatic N) is 2. The molecule has 0 N–H and O–H groups in total. The molecule has 3 nitrogen and oxygen atoms in total. The summed E-state index contributed by atoms with van der Waals surface area (Å²) >= 11 is 12.5. The van der Waals surface area contributed by atoms with Gasteiger partial charge in [-0.1, -0.05) is 41.4 Å². The molecule has 7 heteroatoms. The van der Waals surface area contributed by atoms with Crippen molar-refractivity contribution in [1.29, 1.82) is 0 Å². The molecule has 27 heavy (non-hydrogen) atoms. The Bertz CT molecular complexity index is 872. The van der Waals surface area contributed by atoms with E-state index in [1.54, 1.807) is 24.3 Å². The maximum atomic E-state index is 14.0. The van der Waals surface area contributed by atoms with E-state index in [1.165, 1.54) is 6.07 Å². The molecule has 0 radical (unpaired) electrons. The monoisotopic (exact) mass is 410 g/mol. The van der Waals surface area contributed by atoms with Gasteiger partial charge >= 0.3 is 0 Å². The molecular weight excluding hydrogens is 393 g/mol. The zero-order valence-electron chi connectivity index (χ0n) is 14.5. The van der Waals surface area contributed by atoms with Gasteiger partial charge in [-0.3, -0.25) is 9.69 Å². The van der Waals surface area contributed by atoms with Crippen LogP contribution in [0.15, 0.2) is 36.4 Å². The van der Waals surface area contributed by atoms with Crippen LogP contribution in [0.4, 0.5) is 8.78 Å². The minimum atomic E-state index is -0.847. The lowest BCUT2D eigenvalue weighted by molar-refractivity contribution is -0.129. The van der Waals surface area contributed by atoms with Crippen LogP contribution in [0.1, 0.15) is 24.0 Å². The van der Waals surface area contributed by atoms with Gasteiger partial charge in [0.15, 0.2) is 11.6 Å². The summed E-state index contributed by atoms with van der Waals surface area (Å²) in [6.07, 6.45) is 1.15. The molecule has 2 aliphatic rings. The molecule has 0 bridgehead atoms. The van der Waals surface area contributed by atoms with E-state index in [4.69, 9.17) is 23.2 Å². The number of benzene rings is 2. The second-order valence-electron chi connectivity index (χ2n) is 7.03. The zero-order chi connectivity index (χ0) is 19.1. The topological polar surface area (TPSA) is 23.6 Å².